The third-order valence-electron chi connectivity index (χ3n) is 3.66. The van der Waals surface area contributed by atoms with E-state index in [0.717, 1.165) is 33.2 Å². The first-order valence-corrected chi connectivity index (χ1v) is 7.00. The van der Waals surface area contributed by atoms with Gasteiger partial charge >= 0.3 is 0 Å². The lowest BCUT2D eigenvalue weighted by atomic mass is 9.96. The van der Waals surface area contributed by atoms with Crippen molar-refractivity contribution in [3.63, 3.8) is 0 Å². The largest absolute Gasteiger partial charge is 0.497 e. The van der Waals surface area contributed by atoms with Crippen LogP contribution in [-0.2, 0) is 11.3 Å². The zero-order valence-electron chi connectivity index (χ0n) is 12.2. The third-order valence-corrected chi connectivity index (χ3v) is 3.66. The van der Waals surface area contributed by atoms with E-state index in [9.17, 15) is 4.79 Å². The van der Waals surface area contributed by atoms with Crippen LogP contribution in [0.4, 0.5) is 0 Å². The van der Waals surface area contributed by atoms with Crippen molar-refractivity contribution in [2.45, 2.75) is 6.54 Å². The summed E-state index contributed by atoms with van der Waals surface area (Å²) >= 11 is 0. The van der Waals surface area contributed by atoms with Gasteiger partial charge in [0.15, 0.2) is 0 Å². The molecule has 0 aliphatic heterocycles. The summed E-state index contributed by atoms with van der Waals surface area (Å²) in [6, 6.07) is 14.1. The van der Waals surface area contributed by atoms with Gasteiger partial charge in [0, 0.05) is 24.3 Å². The van der Waals surface area contributed by atoms with Gasteiger partial charge in [0.05, 0.1) is 7.11 Å². The molecule has 3 aromatic rings. The Kier molecular flexibility index (Phi) is 4.01. The second-order valence-corrected chi connectivity index (χ2v) is 4.92. The quantitative estimate of drug-likeness (QED) is 0.735. The average Bonchev–Trinajstić information content (AvgIpc) is 2.59. The van der Waals surface area contributed by atoms with E-state index in [2.05, 4.69) is 22.4 Å². The monoisotopic (exact) mass is 292 g/mol. The third kappa shape index (κ3) is 2.63. The number of rotatable bonds is 5. The molecule has 3 rings (SSSR count). The molecule has 4 nitrogen and oxygen atoms in total. The Morgan fingerprint density at radius 2 is 2.09 bits per heavy atom. The fourth-order valence-electron chi connectivity index (χ4n) is 2.60. The van der Waals surface area contributed by atoms with Crippen molar-refractivity contribution in [2.75, 3.05) is 7.11 Å². The van der Waals surface area contributed by atoms with Gasteiger partial charge in [-0.2, -0.15) is 0 Å². The Hall–Kier alpha value is -2.88. The maximum Gasteiger partial charge on any atom is 0.207 e. The van der Waals surface area contributed by atoms with Gasteiger partial charge in [-0.25, -0.2) is 0 Å². The number of hydrogen-bond acceptors (Lipinski definition) is 3. The van der Waals surface area contributed by atoms with Crippen LogP contribution in [-0.4, -0.2) is 18.5 Å². The van der Waals surface area contributed by atoms with Gasteiger partial charge in [-0.15, -0.1) is 0 Å². The van der Waals surface area contributed by atoms with Crippen LogP contribution in [0, 0.1) is 0 Å². The molecule has 0 aliphatic carbocycles. The number of pyridine rings is 1. The van der Waals surface area contributed by atoms with Gasteiger partial charge in [0.1, 0.15) is 5.75 Å². The van der Waals surface area contributed by atoms with Gasteiger partial charge in [-0.05, 0) is 40.3 Å². The Morgan fingerprint density at radius 3 is 2.91 bits per heavy atom. The summed E-state index contributed by atoms with van der Waals surface area (Å²) in [5.74, 6) is 0.825. The first-order chi connectivity index (χ1) is 10.8. The molecule has 0 unspecified atom stereocenters. The van der Waals surface area contributed by atoms with E-state index in [1.54, 1.807) is 13.3 Å². The highest BCUT2D eigenvalue weighted by atomic mass is 16.5. The molecule has 0 fully saturated rings. The fourth-order valence-corrected chi connectivity index (χ4v) is 2.60. The maximum atomic E-state index is 10.5. The maximum absolute atomic E-state index is 10.5. The number of nitrogens with one attached hydrogen (secondary N) is 1. The van der Waals surface area contributed by atoms with E-state index in [1.165, 1.54) is 0 Å². The highest BCUT2D eigenvalue weighted by Gasteiger charge is 2.08. The molecule has 0 aliphatic rings. The molecule has 0 atom stereocenters. The molecule has 110 valence electrons. The molecule has 4 heteroatoms. The lowest BCUT2D eigenvalue weighted by Crippen LogP contribution is -2.10. The summed E-state index contributed by atoms with van der Waals surface area (Å²) in [6.45, 7) is 0.490. The number of methoxy groups -OCH3 is 1. The first-order valence-electron chi connectivity index (χ1n) is 7.00. The van der Waals surface area contributed by atoms with Crippen molar-refractivity contribution in [2.24, 2.45) is 0 Å². The highest BCUT2D eigenvalue weighted by Crippen LogP contribution is 2.32. The van der Waals surface area contributed by atoms with Crippen LogP contribution in [0.1, 0.15) is 5.56 Å². The van der Waals surface area contributed by atoms with Crippen LogP contribution >= 0.6 is 0 Å². The predicted octanol–water partition coefficient (Wildman–Crippen LogP) is 3.16. The van der Waals surface area contributed by atoms with Crippen LogP contribution in [0.15, 0.2) is 54.9 Å². The summed E-state index contributed by atoms with van der Waals surface area (Å²) in [6.07, 6.45) is 4.32. The van der Waals surface area contributed by atoms with E-state index in [-0.39, 0.29) is 0 Å². The van der Waals surface area contributed by atoms with E-state index < -0.39 is 0 Å². The SMILES string of the molecule is COc1cccc(-c2ccc(CNC=O)c3cnccc23)c1. The molecule has 1 amide bonds. The number of benzene rings is 2. The minimum Gasteiger partial charge on any atom is -0.497 e. The lowest BCUT2D eigenvalue weighted by Gasteiger charge is -2.12. The normalized spacial score (nSPS) is 10.4. The molecule has 0 saturated heterocycles. The second kappa shape index (κ2) is 6.26. The molecule has 0 bridgehead atoms. The summed E-state index contributed by atoms with van der Waals surface area (Å²) < 4.78 is 5.30. The Bertz CT molecular complexity index is 815. The Morgan fingerprint density at radius 1 is 1.18 bits per heavy atom. The Balaban J connectivity index is 2.16. The Labute approximate surface area is 128 Å². The molecule has 0 radical (unpaired) electrons. The number of ether oxygens (including phenoxy) is 1. The zero-order chi connectivity index (χ0) is 15.4. The lowest BCUT2D eigenvalue weighted by molar-refractivity contribution is -0.109. The van der Waals surface area contributed by atoms with E-state index in [1.807, 2.05) is 36.5 Å². The fraction of sp³-hybridized carbons (Fsp3) is 0.111. The zero-order valence-corrected chi connectivity index (χ0v) is 12.2. The molecular formula is C18H16N2O2. The molecule has 2 aromatic carbocycles. The molecular weight excluding hydrogens is 276 g/mol. The van der Waals surface area contributed by atoms with Crippen LogP contribution in [0.5, 0.6) is 5.75 Å². The van der Waals surface area contributed by atoms with Crippen molar-refractivity contribution in [1.29, 1.82) is 0 Å². The number of hydrogen-bond donors (Lipinski definition) is 1. The minimum absolute atomic E-state index is 0.490. The molecule has 22 heavy (non-hydrogen) atoms. The van der Waals surface area contributed by atoms with Crippen LogP contribution in [0.2, 0.25) is 0 Å². The highest BCUT2D eigenvalue weighted by molar-refractivity contribution is 5.98. The number of nitrogens with zero attached hydrogens (tertiary/aromatic N) is 1. The van der Waals surface area contributed by atoms with Crippen molar-refractivity contribution in [3.8, 4) is 16.9 Å². The van der Waals surface area contributed by atoms with Gasteiger partial charge in [0.25, 0.3) is 0 Å². The van der Waals surface area contributed by atoms with Crippen molar-refractivity contribution in [1.82, 2.24) is 10.3 Å². The molecule has 0 saturated carbocycles. The van der Waals surface area contributed by atoms with Crippen molar-refractivity contribution in [3.05, 3.63) is 60.4 Å². The molecule has 1 N–H and O–H groups in total. The summed E-state index contributed by atoms with van der Waals surface area (Å²) in [4.78, 5) is 14.7. The average molecular weight is 292 g/mol. The molecule has 0 spiro atoms. The number of fused-ring (bicyclic) bond motifs is 1. The van der Waals surface area contributed by atoms with Crippen LogP contribution in [0.3, 0.4) is 0 Å². The van der Waals surface area contributed by atoms with Crippen LogP contribution < -0.4 is 10.1 Å². The summed E-state index contributed by atoms with van der Waals surface area (Å²) in [5.41, 5.74) is 3.25. The topological polar surface area (TPSA) is 51.2 Å². The van der Waals surface area contributed by atoms with E-state index in [0.29, 0.717) is 13.0 Å². The van der Waals surface area contributed by atoms with Crippen molar-refractivity contribution >= 4 is 17.2 Å². The van der Waals surface area contributed by atoms with Gasteiger partial charge in [-0.1, -0.05) is 24.3 Å². The standard InChI is InChI=1S/C18H16N2O2/c1-22-15-4-2-3-13(9-15)16-6-5-14(10-20-12-21)18-11-19-8-7-17(16)18/h2-9,11-12H,10H2,1H3,(H,20,21). The molecule has 1 aromatic heterocycles. The summed E-state index contributed by atoms with van der Waals surface area (Å²) in [7, 11) is 1.66. The van der Waals surface area contributed by atoms with Gasteiger partial charge in [-0.3, -0.25) is 9.78 Å². The predicted molar refractivity (Wildman–Crippen MR) is 86.6 cm³/mol. The number of aromatic nitrogens is 1. The van der Waals surface area contributed by atoms with Crippen LogP contribution in [0.25, 0.3) is 21.9 Å². The number of carbonyl (C=O) groups excluding carboxylic acids is 1. The van der Waals surface area contributed by atoms with E-state index >= 15 is 0 Å². The van der Waals surface area contributed by atoms with Crippen molar-refractivity contribution < 1.29 is 9.53 Å². The minimum atomic E-state index is 0.490. The number of carbonyl (C=O) groups is 1. The molecule has 1 heterocycles. The second-order valence-electron chi connectivity index (χ2n) is 4.92. The smallest absolute Gasteiger partial charge is 0.207 e. The first kappa shape index (κ1) is 14.1. The van der Waals surface area contributed by atoms with E-state index in [4.69, 9.17) is 4.74 Å². The van der Waals surface area contributed by atoms with Gasteiger partial charge in [0.2, 0.25) is 6.41 Å². The van der Waals surface area contributed by atoms with Gasteiger partial charge < -0.3 is 10.1 Å². The number of amides is 1. The summed E-state index contributed by atoms with van der Waals surface area (Å²) in [5, 5.41) is 4.85.